The molecule has 0 aliphatic carbocycles. The van der Waals surface area contributed by atoms with E-state index >= 15 is 0 Å². The Morgan fingerprint density at radius 3 is 2.37 bits per heavy atom. The third kappa shape index (κ3) is 6.59. The number of carbonyl (C=O) groups is 2. The second-order valence-electron chi connectivity index (χ2n) is 8.95. The van der Waals surface area contributed by atoms with Crippen LogP contribution in [0.2, 0.25) is 5.02 Å². The quantitative estimate of drug-likeness (QED) is 0.634. The zero-order chi connectivity index (χ0) is 22.5. The highest BCUT2D eigenvalue weighted by Crippen LogP contribution is 2.26. The number of carbonyl (C=O) groups excluding carboxylic acids is 2. The van der Waals surface area contributed by atoms with Gasteiger partial charge in [0.2, 0.25) is 11.8 Å². The average molecular weight is 433 g/mol. The molecular formula is C23H33ClN4O2. The van der Waals surface area contributed by atoms with E-state index in [2.05, 4.69) is 39.9 Å². The van der Waals surface area contributed by atoms with Crippen LogP contribution in [-0.2, 0) is 15.0 Å². The zero-order valence-electron chi connectivity index (χ0n) is 18.8. The van der Waals surface area contributed by atoms with Gasteiger partial charge in [0.15, 0.2) is 0 Å². The highest BCUT2D eigenvalue weighted by Gasteiger charge is 2.23. The first-order valence-corrected chi connectivity index (χ1v) is 10.8. The van der Waals surface area contributed by atoms with Gasteiger partial charge in [0.05, 0.1) is 17.9 Å². The van der Waals surface area contributed by atoms with Crippen LogP contribution in [0.4, 0.5) is 5.82 Å². The molecule has 0 fully saturated rings. The molecule has 0 saturated carbocycles. The molecule has 164 valence electrons. The van der Waals surface area contributed by atoms with Gasteiger partial charge < -0.3 is 10.2 Å². The molecule has 0 aliphatic rings. The number of hydrogen-bond donors (Lipinski definition) is 1. The molecule has 0 bridgehead atoms. The SMILES string of the molecule is CCC(=O)N(CCC(C)C)CC(=O)Nc1cc(C(C)(C)C)nn1-c1ccc(Cl)cc1. The lowest BCUT2D eigenvalue weighted by Gasteiger charge is -2.22. The molecule has 0 radical (unpaired) electrons. The fraction of sp³-hybridized carbons (Fsp3) is 0.522. The number of hydrogen-bond acceptors (Lipinski definition) is 3. The fourth-order valence-electron chi connectivity index (χ4n) is 2.90. The maximum absolute atomic E-state index is 12.8. The Balaban J connectivity index is 2.26. The van der Waals surface area contributed by atoms with E-state index in [0.717, 1.165) is 17.8 Å². The van der Waals surface area contributed by atoms with Crippen LogP contribution < -0.4 is 5.32 Å². The largest absolute Gasteiger partial charge is 0.333 e. The van der Waals surface area contributed by atoms with Crippen molar-refractivity contribution >= 4 is 29.2 Å². The van der Waals surface area contributed by atoms with Gasteiger partial charge in [0.25, 0.3) is 0 Å². The second kappa shape index (κ2) is 10.1. The van der Waals surface area contributed by atoms with Crippen LogP contribution in [0.15, 0.2) is 30.3 Å². The third-order valence-electron chi connectivity index (χ3n) is 4.78. The fourth-order valence-corrected chi connectivity index (χ4v) is 3.03. The van der Waals surface area contributed by atoms with Crippen molar-refractivity contribution in [2.24, 2.45) is 5.92 Å². The molecule has 1 aromatic carbocycles. The smallest absolute Gasteiger partial charge is 0.245 e. The maximum Gasteiger partial charge on any atom is 0.245 e. The van der Waals surface area contributed by atoms with Gasteiger partial charge in [-0.3, -0.25) is 9.59 Å². The molecule has 2 amide bonds. The van der Waals surface area contributed by atoms with Crippen LogP contribution in [0.5, 0.6) is 0 Å². The van der Waals surface area contributed by atoms with Crippen LogP contribution in [0.25, 0.3) is 5.69 Å². The van der Waals surface area contributed by atoms with Gasteiger partial charge in [-0.1, -0.05) is 53.1 Å². The van der Waals surface area contributed by atoms with E-state index in [1.54, 1.807) is 21.7 Å². The first kappa shape index (κ1) is 23.9. The summed E-state index contributed by atoms with van der Waals surface area (Å²) in [5.41, 5.74) is 1.47. The third-order valence-corrected chi connectivity index (χ3v) is 5.03. The first-order valence-electron chi connectivity index (χ1n) is 10.4. The maximum atomic E-state index is 12.8. The van der Waals surface area contributed by atoms with E-state index < -0.39 is 0 Å². The predicted octanol–water partition coefficient (Wildman–Crippen LogP) is 5.05. The van der Waals surface area contributed by atoms with Crippen LogP contribution in [-0.4, -0.2) is 39.6 Å². The van der Waals surface area contributed by atoms with Crippen LogP contribution in [0, 0.1) is 5.92 Å². The zero-order valence-corrected chi connectivity index (χ0v) is 19.6. The minimum Gasteiger partial charge on any atom is -0.333 e. The predicted molar refractivity (Wildman–Crippen MR) is 122 cm³/mol. The molecule has 0 atom stereocenters. The molecule has 1 heterocycles. The number of halogens is 1. The van der Waals surface area contributed by atoms with Gasteiger partial charge in [0, 0.05) is 29.5 Å². The van der Waals surface area contributed by atoms with Crippen molar-refractivity contribution in [3.8, 4) is 5.69 Å². The Morgan fingerprint density at radius 2 is 1.83 bits per heavy atom. The van der Waals surface area contributed by atoms with Crippen LogP contribution >= 0.6 is 11.6 Å². The molecule has 7 heteroatoms. The first-order chi connectivity index (χ1) is 14.0. The molecule has 2 aromatic rings. The number of amides is 2. The van der Waals surface area contributed by atoms with Crippen LogP contribution in [0.1, 0.15) is 60.1 Å². The van der Waals surface area contributed by atoms with Gasteiger partial charge in [-0.2, -0.15) is 5.10 Å². The molecule has 1 aromatic heterocycles. The highest BCUT2D eigenvalue weighted by atomic mass is 35.5. The topological polar surface area (TPSA) is 67.2 Å². The summed E-state index contributed by atoms with van der Waals surface area (Å²) in [5.74, 6) is 0.768. The number of aromatic nitrogens is 2. The molecule has 2 rings (SSSR count). The lowest BCUT2D eigenvalue weighted by Crippen LogP contribution is -2.38. The summed E-state index contributed by atoms with van der Waals surface area (Å²) in [4.78, 5) is 26.7. The van der Waals surface area contributed by atoms with E-state index in [1.807, 2.05) is 25.1 Å². The summed E-state index contributed by atoms with van der Waals surface area (Å²) in [6.07, 6.45) is 1.23. The summed E-state index contributed by atoms with van der Waals surface area (Å²) >= 11 is 6.02. The number of rotatable bonds is 8. The number of benzene rings is 1. The van der Waals surface area contributed by atoms with E-state index in [1.165, 1.54) is 0 Å². The second-order valence-corrected chi connectivity index (χ2v) is 9.39. The monoisotopic (exact) mass is 432 g/mol. The highest BCUT2D eigenvalue weighted by molar-refractivity contribution is 6.30. The van der Waals surface area contributed by atoms with E-state index in [4.69, 9.17) is 16.7 Å². The standard InChI is InChI=1S/C23H33ClN4O2/c1-7-22(30)27(13-12-16(2)3)15-21(29)25-20-14-19(23(4,5)6)26-28(20)18-10-8-17(24)9-11-18/h8-11,14,16H,7,12-13,15H2,1-6H3,(H,25,29). The van der Waals surface area contributed by atoms with Crippen molar-refractivity contribution in [2.75, 3.05) is 18.4 Å². The lowest BCUT2D eigenvalue weighted by molar-refractivity contribution is -0.134. The van der Waals surface area contributed by atoms with Gasteiger partial charge in [-0.25, -0.2) is 4.68 Å². The Labute approximate surface area is 184 Å². The minimum atomic E-state index is -0.240. The van der Waals surface area contributed by atoms with Crippen molar-refractivity contribution < 1.29 is 9.59 Å². The number of nitrogens with zero attached hydrogens (tertiary/aromatic N) is 3. The summed E-state index contributed by atoms with van der Waals surface area (Å²) in [5, 5.41) is 8.28. The summed E-state index contributed by atoms with van der Waals surface area (Å²) < 4.78 is 1.70. The number of nitrogens with one attached hydrogen (secondary N) is 1. The van der Waals surface area contributed by atoms with E-state index in [9.17, 15) is 9.59 Å². The molecule has 0 saturated heterocycles. The molecule has 0 unspecified atom stereocenters. The summed E-state index contributed by atoms with van der Waals surface area (Å²) in [6.45, 7) is 12.8. The van der Waals surface area contributed by atoms with Gasteiger partial charge >= 0.3 is 0 Å². The van der Waals surface area contributed by atoms with Gasteiger partial charge in [-0.05, 0) is 36.6 Å². The van der Waals surface area contributed by atoms with E-state index in [-0.39, 0.29) is 23.8 Å². The van der Waals surface area contributed by atoms with Crippen molar-refractivity contribution in [2.45, 2.75) is 59.8 Å². The minimum absolute atomic E-state index is 0.0209. The summed E-state index contributed by atoms with van der Waals surface area (Å²) in [6, 6.07) is 9.16. The molecule has 1 N–H and O–H groups in total. The molecule has 0 spiro atoms. The Hall–Kier alpha value is -2.34. The lowest BCUT2D eigenvalue weighted by atomic mass is 9.92. The van der Waals surface area contributed by atoms with E-state index in [0.29, 0.717) is 29.7 Å². The van der Waals surface area contributed by atoms with Crippen molar-refractivity contribution in [3.05, 3.63) is 41.0 Å². The normalized spacial score (nSPS) is 11.6. The van der Waals surface area contributed by atoms with Gasteiger partial charge in [0.1, 0.15) is 5.82 Å². The van der Waals surface area contributed by atoms with Crippen LogP contribution in [0.3, 0.4) is 0 Å². The number of anilines is 1. The van der Waals surface area contributed by atoms with Gasteiger partial charge in [-0.15, -0.1) is 0 Å². The van der Waals surface area contributed by atoms with Crippen molar-refractivity contribution in [1.82, 2.24) is 14.7 Å². The summed E-state index contributed by atoms with van der Waals surface area (Å²) in [7, 11) is 0. The van der Waals surface area contributed by atoms with Crippen molar-refractivity contribution in [3.63, 3.8) is 0 Å². The Kier molecular flexibility index (Phi) is 8.07. The molecule has 30 heavy (non-hydrogen) atoms. The average Bonchev–Trinajstić information content (AvgIpc) is 3.09. The van der Waals surface area contributed by atoms with Crippen molar-refractivity contribution in [1.29, 1.82) is 0 Å². The Bertz CT molecular complexity index is 866. The molecule has 6 nitrogen and oxygen atoms in total. The molecular weight excluding hydrogens is 400 g/mol. The Morgan fingerprint density at radius 1 is 1.20 bits per heavy atom. The molecule has 0 aliphatic heterocycles.